The van der Waals surface area contributed by atoms with Gasteiger partial charge in [-0.3, -0.25) is 4.90 Å². The largest absolute Gasteiger partial charge is 1.00 e. The van der Waals surface area contributed by atoms with E-state index in [0.717, 1.165) is 18.8 Å². The molecule has 0 amide bonds. The quantitative estimate of drug-likeness (QED) is 0.740. The Labute approximate surface area is 138 Å². The fourth-order valence-corrected chi connectivity index (χ4v) is 2.21. The van der Waals surface area contributed by atoms with Crippen molar-refractivity contribution in [2.24, 2.45) is 0 Å². The predicted octanol–water partition coefficient (Wildman–Crippen LogP) is -0.0476. The number of ether oxygens (including phenoxy) is 1. The average molecular weight is 321 g/mol. The molecule has 2 aromatic rings. The van der Waals surface area contributed by atoms with E-state index in [1.54, 1.807) is 0 Å². The van der Waals surface area contributed by atoms with Gasteiger partial charge in [0.15, 0.2) is 0 Å². The Hall–Kier alpha value is -1.55. The maximum atomic E-state index is 10.1. The summed E-state index contributed by atoms with van der Waals surface area (Å²) >= 11 is 0. The molecule has 3 nitrogen and oxygen atoms in total. The van der Waals surface area contributed by atoms with Crippen molar-refractivity contribution >= 4 is 0 Å². The van der Waals surface area contributed by atoms with Gasteiger partial charge in [0, 0.05) is 13.1 Å². The van der Waals surface area contributed by atoms with Crippen LogP contribution in [0.5, 0.6) is 5.75 Å². The second-order valence-electron chi connectivity index (χ2n) is 5.09. The van der Waals surface area contributed by atoms with Crippen molar-refractivity contribution in [3.05, 3.63) is 66.2 Å². The van der Waals surface area contributed by atoms with E-state index >= 15 is 0 Å². The Balaban J connectivity index is 0.00000242. The third kappa shape index (κ3) is 6.48. The Kier molecular flexibility index (Phi) is 8.60. The van der Waals surface area contributed by atoms with E-state index in [1.807, 2.05) is 48.5 Å². The van der Waals surface area contributed by atoms with Gasteiger partial charge in [0.25, 0.3) is 0 Å². The fraction of sp³-hybridized carbons (Fsp3) is 0.333. The zero-order chi connectivity index (χ0) is 14.9. The van der Waals surface area contributed by atoms with Crippen molar-refractivity contribution < 1.29 is 22.3 Å². The first-order valence-electron chi connectivity index (χ1n) is 7.40. The summed E-state index contributed by atoms with van der Waals surface area (Å²) in [6, 6.07) is 19.9. The maximum Gasteiger partial charge on any atom is 0.119 e. The van der Waals surface area contributed by atoms with Gasteiger partial charge in [-0.15, -0.1) is 0 Å². The van der Waals surface area contributed by atoms with E-state index < -0.39 is 6.10 Å². The van der Waals surface area contributed by atoms with Crippen molar-refractivity contribution in [2.45, 2.75) is 19.6 Å². The van der Waals surface area contributed by atoms with Crippen LogP contribution in [0.2, 0.25) is 0 Å². The lowest BCUT2D eigenvalue weighted by Gasteiger charge is -2.23. The topological polar surface area (TPSA) is 32.7 Å². The van der Waals surface area contributed by atoms with Gasteiger partial charge in [0.2, 0.25) is 0 Å². The van der Waals surface area contributed by atoms with Crippen LogP contribution in [-0.4, -0.2) is 35.8 Å². The van der Waals surface area contributed by atoms with E-state index in [0.29, 0.717) is 13.2 Å². The number of aliphatic hydroxyl groups excluding tert-OH is 1. The molecule has 1 atom stereocenters. The zero-order valence-corrected chi connectivity index (χ0v) is 13.6. The standard InChI is InChI=1S/C18H23NO2.ClH/c1-2-19(13-16-9-5-3-6-10-16)14-17(20)15-21-18-11-7-4-8-12-18;/h3-12,17,20H,2,13-15H2,1H3;1H/p-1. The highest BCUT2D eigenvalue weighted by atomic mass is 35.5. The lowest BCUT2D eigenvalue weighted by molar-refractivity contribution is -0.00000673. The van der Waals surface area contributed by atoms with Crippen LogP contribution in [-0.2, 0) is 6.54 Å². The van der Waals surface area contributed by atoms with Crippen LogP contribution in [0.25, 0.3) is 0 Å². The molecule has 0 spiro atoms. The molecule has 0 saturated carbocycles. The van der Waals surface area contributed by atoms with Crippen molar-refractivity contribution in [2.75, 3.05) is 19.7 Å². The number of benzene rings is 2. The summed E-state index contributed by atoms with van der Waals surface area (Å²) in [5.41, 5.74) is 1.26. The third-order valence-corrected chi connectivity index (χ3v) is 3.35. The average Bonchev–Trinajstić information content (AvgIpc) is 2.54. The lowest BCUT2D eigenvalue weighted by atomic mass is 10.2. The number of hydrogen-bond acceptors (Lipinski definition) is 3. The van der Waals surface area contributed by atoms with Crippen molar-refractivity contribution in [1.29, 1.82) is 0 Å². The molecule has 1 N–H and O–H groups in total. The van der Waals surface area contributed by atoms with Crippen LogP contribution in [0.4, 0.5) is 0 Å². The minimum atomic E-state index is -0.492. The molecule has 1 unspecified atom stereocenters. The normalized spacial score (nSPS) is 11.8. The molecule has 0 heterocycles. The highest BCUT2D eigenvalue weighted by Crippen LogP contribution is 2.09. The highest BCUT2D eigenvalue weighted by molar-refractivity contribution is 5.20. The Morgan fingerprint density at radius 1 is 1.00 bits per heavy atom. The van der Waals surface area contributed by atoms with Gasteiger partial charge in [-0.25, -0.2) is 0 Å². The first-order valence-corrected chi connectivity index (χ1v) is 7.40. The molecule has 0 aliphatic carbocycles. The van der Waals surface area contributed by atoms with Gasteiger partial charge in [-0.2, -0.15) is 0 Å². The van der Waals surface area contributed by atoms with Crippen molar-refractivity contribution in [3.63, 3.8) is 0 Å². The molecule has 0 radical (unpaired) electrons. The van der Waals surface area contributed by atoms with Gasteiger partial charge in [-0.1, -0.05) is 55.5 Å². The molecule has 0 fully saturated rings. The highest BCUT2D eigenvalue weighted by Gasteiger charge is 2.11. The summed E-state index contributed by atoms with van der Waals surface area (Å²) in [5.74, 6) is 0.794. The van der Waals surface area contributed by atoms with Crippen molar-refractivity contribution in [1.82, 2.24) is 4.90 Å². The second-order valence-corrected chi connectivity index (χ2v) is 5.09. The number of halogens is 1. The first kappa shape index (κ1) is 18.5. The third-order valence-electron chi connectivity index (χ3n) is 3.35. The molecule has 0 aromatic heterocycles. The number of aliphatic hydroxyl groups is 1. The van der Waals surface area contributed by atoms with Crippen LogP contribution in [0.15, 0.2) is 60.7 Å². The number of likely N-dealkylation sites (N-methyl/N-ethyl adjacent to an activating group) is 1. The smallest absolute Gasteiger partial charge is 0.119 e. The number of rotatable bonds is 8. The zero-order valence-electron chi connectivity index (χ0n) is 12.9. The van der Waals surface area contributed by atoms with Crippen LogP contribution in [0.1, 0.15) is 12.5 Å². The van der Waals surface area contributed by atoms with Gasteiger partial charge in [-0.05, 0) is 24.2 Å². The Morgan fingerprint density at radius 2 is 1.59 bits per heavy atom. The lowest BCUT2D eigenvalue weighted by Crippen LogP contribution is -3.00. The summed E-state index contributed by atoms with van der Waals surface area (Å²) in [5, 5.41) is 10.1. The van der Waals surface area contributed by atoms with E-state index in [9.17, 15) is 5.11 Å². The molecule has 22 heavy (non-hydrogen) atoms. The monoisotopic (exact) mass is 320 g/mol. The minimum absolute atomic E-state index is 0. The van der Waals surface area contributed by atoms with E-state index in [4.69, 9.17) is 4.74 Å². The van der Waals surface area contributed by atoms with Gasteiger partial charge < -0.3 is 22.3 Å². The van der Waals surface area contributed by atoms with Gasteiger partial charge >= 0.3 is 0 Å². The Morgan fingerprint density at radius 3 is 2.18 bits per heavy atom. The van der Waals surface area contributed by atoms with Crippen LogP contribution in [0.3, 0.4) is 0 Å². The number of nitrogens with zero attached hydrogens (tertiary/aromatic N) is 1. The molecule has 0 bridgehead atoms. The molecular formula is C18H23ClNO2-. The molecular weight excluding hydrogens is 298 g/mol. The summed E-state index contributed by atoms with van der Waals surface area (Å²) < 4.78 is 5.59. The van der Waals surface area contributed by atoms with Crippen LogP contribution in [0, 0.1) is 0 Å². The maximum absolute atomic E-state index is 10.1. The molecule has 2 rings (SSSR count). The summed E-state index contributed by atoms with van der Waals surface area (Å²) in [6.07, 6.45) is -0.492. The molecule has 120 valence electrons. The van der Waals surface area contributed by atoms with Gasteiger partial charge in [0.1, 0.15) is 18.5 Å². The van der Waals surface area contributed by atoms with Crippen LogP contribution < -0.4 is 17.1 Å². The van der Waals surface area contributed by atoms with Crippen LogP contribution >= 0.6 is 0 Å². The summed E-state index contributed by atoms with van der Waals surface area (Å²) in [6.45, 7) is 4.78. The SMILES string of the molecule is CCN(Cc1ccccc1)CC(O)COc1ccccc1.[Cl-]. The minimum Gasteiger partial charge on any atom is -1.00 e. The first-order chi connectivity index (χ1) is 10.3. The predicted molar refractivity (Wildman–Crippen MR) is 85.3 cm³/mol. The second kappa shape index (κ2) is 10.2. The Bertz CT molecular complexity index is 507. The molecule has 0 aliphatic heterocycles. The number of hydrogen-bond donors (Lipinski definition) is 1. The van der Waals surface area contributed by atoms with E-state index in [2.05, 4.69) is 24.0 Å². The number of para-hydroxylation sites is 1. The summed E-state index contributed by atoms with van der Waals surface area (Å²) in [7, 11) is 0. The molecule has 4 heteroatoms. The summed E-state index contributed by atoms with van der Waals surface area (Å²) in [4.78, 5) is 2.22. The van der Waals surface area contributed by atoms with Gasteiger partial charge in [0.05, 0.1) is 0 Å². The molecule has 0 saturated heterocycles. The van der Waals surface area contributed by atoms with Crippen molar-refractivity contribution in [3.8, 4) is 5.75 Å². The molecule has 0 aliphatic rings. The molecule has 2 aromatic carbocycles. The fourth-order valence-electron chi connectivity index (χ4n) is 2.21. The van der Waals surface area contributed by atoms with E-state index in [-0.39, 0.29) is 12.4 Å². The van der Waals surface area contributed by atoms with E-state index in [1.165, 1.54) is 5.56 Å².